The number of hydrogen-bond acceptors (Lipinski definition) is 1. The minimum atomic E-state index is 0.348. The molecule has 1 heterocycles. The van der Waals surface area contributed by atoms with Gasteiger partial charge >= 0.3 is 0 Å². The maximum atomic E-state index is 2.82. The minimum absolute atomic E-state index is 0.348. The van der Waals surface area contributed by atoms with Crippen LogP contribution in [0.25, 0.3) is 0 Å². The van der Waals surface area contributed by atoms with Crippen molar-refractivity contribution in [3.05, 3.63) is 0 Å². The lowest BCUT2D eigenvalue weighted by atomic mass is 9.73. The Morgan fingerprint density at radius 1 is 0.938 bits per heavy atom. The molecule has 2 fully saturated rings. The molecule has 1 heteroatoms. The van der Waals surface area contributed by atoms with Gasteiger partial charge in [-0.15, -0.1) is 0 Å². The fraction of sp³-hybridized carbons (Fsp3) is 1.00. The van der Waals surface area contributed by atoms with Crippen LogP contribution in [0, 0.1) is 11.3 Å². The predicted molar refractivity (Wildman–Crippen MR) is 70.6 cm³/mol. The fourth-order valence-electron chi connectivity index (χ4n) is 3.44. The Labute approximate surface area is 102 Å². The van der Waals surface area contributed by atoms with E-state index in [-0.39, 0.29) is 0 Å². The van der Waals surface area contributed by atoms with Crippen molar-refractivity contribution in [1.82, 2.24) is 4.90 Å². The molecule has 1 nitrogen and oxygen atoms in total. The summed E-state index contributed by atoms with van der Waals surface area (Å²) in [5, 5.41) is 0. The van der Waals surface area contributed by atoms with Gasteiger partial charge in [-0.2, -0.15) is 0 Å². The van der Waals surface area contributed by atoms with Gasteiger partial charge in [0.1, 0.15) is 0 Å². The van der Waals surface area contributed by atoms with E-state index in [0.29, 0.717) is 16.5 Å². The van der Waals surface area contributed by atoms with Crippen molar-refractivity contribution >= 4 is 0 Å². The molecule has 2 aliphatic rings. The van der Waals surface area contributed by atoms with Crippen LogP contribution < -0.4 is 0 Å². The average molecular weight is 223 g/mol. The largest absolute Gasteiger partial charge is 0.293 e. The number of rotatable bonds is 0. The van der Waals surface area contributed by atoms with Crippen molar-refractivity contribution in [3.8, 4) is 0 Å². The molecule has 16 heavy (non-hydrogen) atoms. The van der Waals surface area contributed by atoms with Crippen molar-refractivity contribution < 1.29 is 0 Å². The molecule has 0 aromatic rings. The van der Waals surface area contributed by atoms with Gasteiger partial charge in [0.2, 0.25) is 0 Å². The van der Waals surface area contributed by atoms with E-state index >= 15 is 0 Å². The van der Waals surface area contributed by atoms with Gasteiger partial charge in [-0.25, -0.2) is 0 Å². The summed E-state index contributed by atoms with van der Waals surface area (Å²) in [6.07, 6.45) is 5.77. The summed E-state index contributed by atoms with van der Waals surface area (Å²) in [7, 11) is 0. The molecule has 94 valence electrons. The smallest absolute Gasteiger partial charge is 0.0216 e. The molecule has 1 atom stereocenters. The average Bonchev–Trinajstić information content (AvgIpc) is 2.82. The monoisotopic (exact) mass is 223 g/mol. The second-order valence-electron chi connectivity index (χ2n) is 8.11. The van der Waals surface area contributed by atoms with Gasteiger partial charge in [-0.05, 0) is 57.8 Å². The van der Waals surface area contributed by atoms with Crippen molar-refractivity contribution in [2.75, 3.05) is 6.54 Å². The van der Waals surface area contributed by atoms with Gasteiger partial charge in [-0.1, -0.05) is 20.8 Å². The third-order valence-corrected chi connectivity index (χ3v) is 4.80. The van der Waals surface area contributed by atoms with Gasteiger partial charge in [0, 0.05) is 17.6 Å². The summed E-state index contributed by atoms with van der Waals surface area (Å²) in [4.78, 5) is 2.82. The highest BCUT2D eigenvalue weighted by Gasteiger charge is 2.54. The SMILES string of the molecule is CC(C)(C)C1CCC2(CC2)N(C(C)(C)C)C1. The van der Waals surface area contributed by atoms with Gasteiger partial charge < -0.3 is 0 Å². The third kappa shape index (κ3) is 2.16. The summed E-state index contributed by atoms with van der Waals surface area (Å²) in [5.41, 5.74) is 1.43. The summed E-state index contributed by atoms with van der Waals surface area (Å²) < 4.78 is 0. The molecule has 1 unspecified atom stereocenters. The van der Waals surface area contributed by atoms with Crippen LogP contribution in [0.2, 0.25) is 0 Å². The zero-order valence-electron chi connectivity index (χ0n) is 12.1. The number of hydrogen-bond donors (Lipinski definition) is 0. The molecule has 1 saturated carbocycles. The topological polar surface area (TPSA) is 3.24 Å². The summed E-state index contributed by atoms with van der Waals surface area (Å²) in [6.45, 7) is 15.7. The van der Waals surface area contributed by atoms with E-state index in [2.05, 4.69) is 46.4 Å². The lowest BCUT2D eigenvalue weighted by Crippen LogP contribution is -2.56. The normalized spacial score (nSPS) is 30.8. The Morgan fingerprint density at radius 3 is 1.88 bits per heavy atom. The van der Waals surface area contributed by atoms with E-state index in [0.717, 1.165) is 5.92 Å². The van der Waals surface area contributed by atoms with Crippen LogP contribution in [0.3, 0.4) is 0 Å². The van der Waals surface area contributed by atoms with Gasteiger partial charge in [-0.3, -0.25) is 4.90 Å². The quantitative estimate of drug-likeness (QED) is 0.598. The molecule has 1 aliphatic carbocycles. The Balaban J connectivity index is 2.14. The zero-order valence-corrected chi connectivity index (χ0v) is 12.1. The Kier molecular flexibility index (Phi) is 2.70. The molecule has 1 spiro atoms. The van der Waals surface area contributed by atoms with E-state index in [4.69, 9.17) is 0 Å². The number of nitrogens with zero attached hydrogens (tertiary/aromatic N) is 1. The molecule has 0 radical (unpaired) electrons. The third-order valence-electron chi connectivity index (χ3n) is 4.80. The first kappa shape index (κ1) is 12.4. The molecule has 2 rings (SSSR count). The first-order chi connectivity index (χ1) is 7.15. The number of likely N-dealkylation sites (tertiary alicyclic amines) is 1. The molecule has 0 aromatic carbocycles. The first-order valence-corrected chi connectivity index (χ1v) is 6.93. The van der Waals surface area contributed by atoms with Crippen LogP contribution in [0.5, 0.6) is 0 Å². The lowest BCUT2D eigenvalue weighted by molar-refractivity contribution is -0.0176. The van der Waals surface area contributed by atoms with Crippen molar-refractivity contribution in [2.45, 2.75) is 78.3 Å². The molecular formula is C15H29N. The molecule has 0 bridgehead atoms. The fourth-order valence-corrected chi connectivity index (χ4v) is 3.44. The lowest BCUT2D eigenvalue weighted by Gasteiger charge is -2.51. The molecular weight excluding hydrogens is 194 g/mol. The van der Waals surface area contributed by atoms with E-state index in [9.17, 15) is 0 Å². The van der Waals surface area contributed by atoms with E-state index < -0.39 is 0 Å². The molecule has 0 aromatic heterocycles. The molecule has 1 aliphatic heterocycles. The molecule has 0 N–H and O–H groups in total. The van der Waals surface area contributed by atoms with Crippen LogP contribution in [0.1, 0.15) is 67.2 Å². The van der Waals surface area contributed by atoms with Crippen molar-refractivity contribution in [2.24, 2.45) is 11.3 Å². The first-order valence-electron chi connectivity index (χ1n) is 6.93. The van der Waals surface area contributed by atoms with Crippen LogP contribution in [0.15, 0.2) is 0 Å². The summed E-state index contributed by atoms with van der Waals surface area (Å²) >= 11 is 0. The highest BCUT2D eigenvalue weighted by atomic mass is 15.3. The highest BCUT2D eigenvalue weighted by Crippen LogP contribution is 2.54. The van der Waals surface area contributed by atoms with E-state index in [1.54, 1.807) is 0 Å². The van der Waals surface area contributed by atoms with Gasteiger partial charge in [0.15, 0.2) is 0 Å². The van der Waals surface area contributed by atoms with Crippen LogP contribution in [-0.4, -0.2) is 22.5 Å². The Bertz CT molecular complexity index is 262. The predicted octanol–water partition coefficient (Wildman–Crippen LogP) is 4.08. The standard InChI is InChI=1S/C15H29N/c1-13(2,3)12-7-8-15(9-10-15)16(11-12)14(4,5)6/h12H,7-11H2,1-6H3. The second kappa shape index (κ2) is 3.48. The number of piperidine rings is 1. The second-order valence-corrected chi connectivity index (χ2v) is 8.11. The van der Waals surface area contributed by atoms with Crippen molar-refractivity contribution in [3.63, 3.8) is 0 Å². The van der Waals surface area contributed by atoms with E-state index in [1.165, 1.54) is 32.2 Å². The van der Waals surface area contributed by atoms with E-state index in [1.807, 2.05) is 0 Å². The highest BCUT2D eigenvalue weighted by molar-refractivity contribution is 5.10. The van der Waals surface area contributed by atoms with Crippen LogP contribution in [-0.2, 0) is 0 Å². The van der Waals surface area contributed by atoms with Crippen molar-refractivity contribution in [1.29, 1.82) is 0 Å². The van der Waals surface area contributed by atoms with Crippen LogP contribution >= 0.6 is 0 Å². The van der Waals surface area contributed by atoms with Gasteiger partial charge in [0.05, 0.1) is 0 Å². The zero-order chi connectivity index (χ0) is 12.2. The molecule has 0 amide bonds. The summed E-state index contributed by atoms with van der Waals surface area (Å²) in [6, 6.07) is 0. The maximum absolute atomic E-state index is 2.82. The Hall–Kier alpha value is -0.0400. The Morgan fingerprint density at radius 2 is 1.50 bits per heavy atom. The maximum Gasteiger partial charge on any atom is 0.0216 e. The summed E-state index contributed by atoms with van der Waals surface area (Å²) in [5.74, 6) is 0.873. The molecule has 1 saturated heterocycles. The minimum Gasteiger partial charge on any atom is -0.293 e. The van der Waals surface area contributed by atoms with Gasteiger partial charge in [0.25, 0.3) is 0 Å². The van der Waals surface area contributed by atoms with Crippen LogP contribution in [0.4, 0.5) is 0 Å².